The van der Waals surface area contributed by atoms with Gasteiger partial charge in [0, 0.05) is 20.1 Å². The maximum absolute atomic E-state index is 11.4. The highest BCUT2D eigenvalue weighted by atomic mass is 16.5. The van der Waals surface area contributed by atoms with Gasteiger partial charge >= 0.3 is 6.09 Å². The fourth-order valence-electron chi connectivity index (χ4n) is 1.94. The lowest BCUT2D eigenvalue weighted by Gasteiger charge is -2.22. The van der Waals surface area contributed by atoms with Crippen molar-refractivity contribution in [1.82, 2.24) is 5.32 Å². The number of allylic oxidation sites excluding steroid dienone is 3. The van der Waals surface area contributed by atoms with E-state index in [1.807, 2.05) is 19.9 Å². The molecule has 114 valence electrons. The van der Waals surface area contributed by atoms with Crippen LogP contribution in [0.15, 0.2) is 24.3 Å². The van der Waals surface area contributed by atoms with E-state index in [4.69, 9.17) is 9.47 Å². The minimum atomic E-state index is -0.370. The van der Waals surface area contributed by atoms with E-state index in [2.05, 4.69) is 23.5 Å². The normalized spacial score (nSPS) is 19.2. The van der Waals surface area contributed by atoms with Crippen LogP contribution in [-0.4, -0.2) is 32.0 Å². The van der Waals surface area contributed by atoms with Crippen molar-refractivity contribution in [2.24, 2.45) is 5.92 Å². The van der Waals surface area contributed by atoms with Gasteiger partial charge in [-0.25, -0.2) is 4.79 Å². The second-order valence-electron chi connectivity index (χ2n) is 5.70. The van der Waals surface area contributed by atoms with Crippen LogP contribution < -0.4 is 5.32 Å². The van der Waals surface area contributed by atoms with Gasteiger partial charge in [-0.3, -0.25) is 0 Å². The Balaban J connectivity index is 2.08. The summed E-state index contributed by atoms with van der Waals surface area (Å²) in [5.41, 5.74) is -0.255. The Bertz CT molecular complexity index is 348. The Morgan fingerprint density at radius 3 is 2.90 bits per heavy atom. The van der Waals surface area contributed by atoms with Gasteiger partial charge in [-0.15, -0.1) is 0 Å². The summed E-state index contributed by atoms with van der Waals surface area (Å²) in [6.45, 7) is 4.82. The van der Waals surface area contributed by atoms with Crippen molar-refractivity contribution in [3.8, 4) is 0 Å². The minimum Gasteiger partial charge on any atom is -0.449 e. The average molecular weight is 281 g/mol. The molecule has 1 amide bonds. The molecule has 1 unspecified atom stereocenters. The summed E-state index contributed by atoms with van der Waals surface area (Å²) in [4.78, 5) is 11.4. The molecule has 1 aliphatic rings. The van der Waals surface area contributed by atoms with Crippen LogP contribution in [-0.2, 0) is 9.47 Å². The van der Waals surface area contributed by atoms with E-state index in [1.165, 1.54) is 6.42 Å². The van der Waals surface area contributed by atoms with Gasteiger partial charge in [0.1, 0.15) is 0 Å². The predicted molar refractivity (Wildman–Crippen MR) is 80.7 cm³/mol. The Morgan fingerprint density at radius 2 is 2.25 bits per heavy atom. The number of rotatable bonds is 7. The molecular formula is C16H27NO3. The Hall–Kier alpha value is -1.29. The molecule has 4 heteroatoms. The standard InChI is InChI=1S/C16H27NO3/c1-16(2,19-3)11-13-20-15(18)17-12-7-10-14-8-5-4-6-9-14/h4-5,7,10,14H,6,8-9,11-13H2,1-3H3,(H,17,18)/b10-7+. The molecule has 0 aromatic heterocycles. The zero-order chi connectivity index (χ0) is 14.8. The lowest BCUT2D eigenvalue weighted by Crippen LogP contribution is -2.29. The van der Waals surface area contributed by atoms with E-state index in [9.17, 15) is 4.79 Å². The van der Waals surface area contributed by atoms with Crippen molar-refractivity contribution in [3.05, 3.63) is 24.3 Å². The molecule has 0 aromatic carbocycles. The van der Waals surface area contributed by atoms with E-state index in [1.54, 1.807) is 7.11 Å². The molecule has 0 fully saturated rings. The van der Waals surface area contributed by atoms with Crippen LogP contribution >= 0.6 is 0 Å². The van der Waals surface area contributed by atoms with Crippen LogP contribution in [0.5, 0.6) is 0 Å². The van der Waals surface area contributed by atoms with Gasteiger partial charge in [0.25, 0.3) is 0 Å². The molecule has 0 aliphatic heterocycles. The zero-order valence-electron chi connectivity index (χ0n) is 12.9. The molecule has 0 bridgehead atoms. The molecule has 0 aromatic rings. The van der Waals surface area contributed by atoms with Crippen LogP contribution in [0.25, 0.3) is 0 Å². The van der Waals surface area contributed by atoms with E-state index >= 15 is 0 Å². The number of methoxy groups -OCH3 is 1. The molecule has 1 N–H and O–H groups in total. The number of hydrogen-bond donors (Lipinski definition) is 1. The van der Waals surface area contributed by atoms with Gasteiger partial charge in [0.05, 0.1) is 12.2 Å². The summed E-state index contributed by atoms with van der Waals surface area (Å²) in [5.74, 6) is 0.611. The van der Waals surface area contributed by atoms with Crippen molar-refractivity contribution in [3.63, 3.8) is 0 Å². The topological polar surface area (TPSA) is 47.6 Å². The van der Waals surface area contributed by atoms with Gasteiger partial charge in [-0.1, -0.05) is 24.3 Å². The fraction of sp³-hybridized carbons (Fsp3) is 0.688. The van der Waals surface area contributed by atoms with E-state index in [-0.39, 0.29) is 11.7 Å². The highest BCUT2D eigenvalue weighted by molar-refractivity contribution is 5.67. The van der Waals surface area contributed by atoms with E-state index in [0.717, 1.165) is 12.8 Å². The molecule has 4 nitrogen and oxygen atoms in total. The summed E-state index contributed by atoms with van der Waals surface area (Å²) in [6, 6.07) is 0. The number of alkyl carbamates (subject to hydrolysis) is 1. The first-order valence-corrected chi connectivity index (χ1v) is 7.31. The molecule has 0 saturated heterocycles. The largest absolute Gasteiger partial charge is 0.449 e. The number of amides is 1. The number of carbonyl (C=O) groups excluding carboxylic acids is 1. The highest BCUT2D eigenvalue weighted by Crippen LogP contribution is 2.18. The first-order valence-electron chi connectivity index (χ1n) is 7.31. The maximum Gasteiger partial charge on any atom is 0.407 e. The molecule has 0 saturated carbocycles. The van der Waals surface area contributed by atoms with Crippen LogP contribution in [0.2, 0.25) is 0 Å². The van der Waals surface area contributed by atoms with Crippen molar-refractivity contribution in [1.29, 1.82) is 0 Å². The number of hydrogen-bond acceptors (Lipinski definition) is 3. The van der Waals surface area contributed by atoms with Crippen LogP contribution in [0.1, 0.15) is 39.5 Å². The van der Waals surface area contributed by atoms with Crippen molar-refractivity contribution < 1.29 is 14.3 Å². The average Bonchev–Trinajstić information content (AvgIpc) is 2.44. The van der Waals surface area contributed by atoms with Crippen LogP contribution in [0.3, 0.4) is 0 Å². The smallest absolute Gasteiger partial charge is 0.407 e. The van der Waals surface area contributed by atoms with Crippen molar-refractivity contribution in [2.75, 3.05) is 20.3 Å². The summed E-state index contributed by atoms with van der Waals surface area (Å²) in [5, 5.41) is 2.72. The number of nitrogens with one attached hydrogen (secondary N) is 1. The lowest BCUT2D eigenvalue weighted by atomic mass is 9.94. The Morgan fingerprint density at radius 1 is 1.45 bits per heavy atom. The van der Waals surface area contributed by atoms with Gasteiger partial charge in [-0.05, 0) is 39.0 Å². The molecule has 1 aliphatic carbocycles. The second kappa shape index (κ2) is 8.80. The van der Waals surface area contributed by atoms with E-state index in [0.29, 0.717) is 25.5 Å². The first kappa shape index (κ1) is 16.8. The third-order valence-electron chi connectivity index (χ3n) is 3.57. The highest BCUT2D eigenvalue weighted by Gasteiger charge is 2.16. The molecule has 20 heavy (non-hydrogen) atoms. The molecule has 1 rings (SSSR count). The van der Waals surface area contributed by atoms with Gasteiger partial charge in [0.2, 0.25) is 0 Å². The molecule has 1 atom stereocenters. The maximum atomic E-state index is 11.4. The molecule has 0 heterocycles. The van der Waals surface area contributed by atoms with Crippen molar-refractivity contribution in [2.45, 2.75) is 45.1 Å². The minimum absolute atomic E-state index is 0.255. The predicted octanol–water partition coefficient (Wildman–Crippen LogP) is 3.44. The monoisotopic (exact) mass is 281 g/mol. The molecule has 0 radical (unpaired) electrons. The first-order chi connectivity index (χ1) is 9.53. The van der Waals surface area contributed by atoms with E-state index < -0.39 is 0 Å². The molecular weight excluding hydrogens is 254 g/mol. The summed E-state index contributed by atoms with van der Waals surface area (Å²) in [7, 11) is 1.66. The quantitative estimate of drug-likeness (QED) is 0.727. The summed E-state index contributed by atoms with van der Waals surface area (Å²) >= 11 is 0. The van der Waals surface area contributed by atoms with Gasteiger partial charge in [0.15, 0.2) is 0 Å². The number of carbonyl (C=O) groups is 1. The summed E-state index contributed by atoms with van der Waals surface area (Å²) in [6.07, 6.45) is 12.4. The van der Waals surface area contributed by atoms with Gasteiger partial charge in [-0.2, -0.15) is 0 Å². The Labute approximate surface area is 122 Å². The van der Waals surface area contributed by atoms with Gasteiger partial charge < -0.3 is 14.8 Å². The third-order valence-corrected chi connectivity index (χ3v) is 3.57. The number of ether oxygens (including phenoxy) is 2. The molecule has 0 spiro atoms. The zero-order valence-corrected chi connectivity index (χ0v) is 12.9. The summed E-state index contributed by atoms with van der Waals surface area (Å²) < 4.78 is 10.4. The van der Waals surface area contributed by atoms with Crippen LogP contribution in [0, 0.1) is 5.92 Å². The lowest BCUT2D eigenvalue weighted by molar-refractivity contribution is 0.000258. The third kappa shape index (κ3) is 7.34. The fourth-order valence-corrected chi connectivity index (χ4v) is 1.94. The Kier molecular flexibility index (Phi) is 7.37. The second-order valence-corrected chi connectivity index (χ2v) is 5.70. The van der Waals surface area contributed by atoms with Crippen LogP contribution in [0.4, 0.5) is 4.79 Å². The SMILES string of the molecule is COC(C)(C)CCOC(=O)NC/C=C/C1CC=CCC1. The van der Waals surface area contributed by atoms with Crippen molar-refractivity contribution >= 4 is 6.09 Å².